The fourth-order valence-electron chi connectivity index (χ4n) is 3.19. The lowest BCUT2D eigenvalue weighted by Crippen LogP contribution is -2.11. The van der Waals surface area contributed by atoms with Crippen molar-refractivity contribution in [1.82, 2.24) is 19.5 Å². The summed E-state index contributed by atoms with van der Waals surface area (Å²) >= 11 is 0. The quantitative estimate of drug-likeness (QED) is 0.559. The molecule has 138 valence electrons. The summed E-state index contributed by atoms with van der Waals surface area (Å²) < 4.78 is 12.8. The number of carbonyl (C=O) groups excluding carboxylic acids is 1. The molecule has 0 spiro atoms. The molecule has 7 nitrogen and oxygen atoms in total. The van der Waals surface area contributed by atoms with Gasteiger partial charge < -0.3 is 19.0 Å². The number of hydrogen-bond acceptors (Lipinski definition) is 5. The van der Waals surface area contributed by atoms with Crippen molar-refractivity contribution < 1.29 is 14.3 Å². The van der Waals surface area contributed by atoms with Crippen molar-refractivity contribution in [2.75, 3.05) is 7.11 Å². The van der Waals surface area contributed by atoms with Crippen molar-refractivity contribution in [3.05, 3.63) is 42.1 Å². The first-order valence-electron chi connectivity index (χ1n) is 8.67. The Balaban J connectivity index is 1.88. The number of ether oxygens (including phenoxy) is 2. The number of esters is 1. The maximum Gasteiger partial charge on any atom is 0.338 e. The van der Waals surface area contributed by atoms with Crippen LogP contribution in [0.5, 0.6) is 5.75 Å². The van der Waals surface area contributed by atoms with E-state index in [-0.39, 0.29) is 6.10 Å². The molecule has 4 rings (SSSR count). The molecular weight excluding hydrogens is 344 g/mol. The molecule has 3 aromatic heterocycles. The van der Waals surface area contributed by atoms with Crippen molar-refractivity contribution in [2.45, 2.75) is 20.0 Å². The predicted molar refractivity (Wildman–Crippen MR) is 103 cm³/mol. The molecule has 3 heterocycles. The van der Waals surface area contributed by atoms with Crippen LogP contribution in [-0.2, 0) is 11.8 Å². The van der Waals surface area contributed by atoms with Gasteiger partial charge in [0.1, 0.15) is 16.9 Å². The van der Waals surface area contributed by atoms with E-state index >= 15 is 0 Å². The van der Waals surface area contributed by atoms with E-state index in [0.717, 1.165) is 28.1 Å². The summed E-state index contributed by atoms with van der Waals surface area (Å²) in [6.07, 6.45) is 1.55. The number of hydrogen-bond donors (Lipinski definition) is 1. The Hall–Kier alpha value is -3.35. The third-order valence-corrected chi connectivity index (χ3v) is 4.37. The van der Waals surface area contributed by atoms with E-state index in [4.69, 9.17) is 14.5 Å². The van der Waals surface area contributed by atoms with Crippen LogP contribution in [0.4, 0.5) is 0 Å². The van der Waals surface area contributed by atoms with Gasteiger partial charge in [-0.25, -0.2) is 14.8 Å². The number of aromatic amines is 1. The summed E-state index contributed by atoms with van der Waals surface area (Å²) in [5, 5.41) is 1.01. The van der Waals surface area contributed by atoms with Gasteiger partial charge in [-0.3, -0.25) is 0 Å². The van der Waals surface area contributed by atoms with E-state index in [1.165, 1.54) is 0 Å². The molecule has 0 atom stereocenters. The van der Waals surface area contributed by atoms with Gasteiger partial charge in [-0.2, -0.15) is 0 Å². The van der Waals surface area contributed by atoms with Crippen molar-refractivity contribution in [3.63, 3.8) is 0 Å². The van der Waals surface area contributed by atoms with Gasteiger partial charge in [0.05, 0.1) is 30.0 Å². The summed E-state index contributed by atoms with van der Waals surface area (Å²) in [6, 6.07) is 9.30. The lowest BCUT2D eigenvalue weighted by molar-refractivity contribution is 0.0377. The van der Waals surface area contributed by atoms with Crippen LogP contribution >= 0.6 is 0 Å². The van der Waals surface area contributed by atoms with E-state index in [1.54, 1.807) is 25.4 Å². The lowest BCUT2D eigenvalue weighted by atomic mass is 10.2. The maximum absolute atomic E-state index is 12.3. The van der Waals surface area contributed by atoms with E-state index in [2.05, 4.69) is 9.97 Å². The van der Waals surface area contributed by atoms with Gasteiger partial charge in [-0.15, -0.1) is 0 Å². The van der Waals surface area contributed by atoms with Gasteiger partial charge in [0.15, 0.2) is 5.82 Å². The zero-order chi connectivity index (χ0) is 19.1. The van der Waals surface area contributed by atoms with Crippen LogP contribution in [0, 0.1) is 0 Å². The molecule has 1 N–H and O–H groups in total. The molecule has 0 aliphatic heterocycles. The molecule has 0 unspecified atom stereocenters. The van der Waals surface area contributed by atoms with Crippen molar-refractivity contribution in [1.29, 1.82) is 0 Å². The molecule has 4 aromatic rings. The van der Waals surface area contributed by atoms with E-state index in [1.807, 2.05) is 43.7 Å². The van der Waals surface area contributed by atoms with Crippen molar-refractivity contribution in [3.8, 4) is 17.3 Å². The van der Waals surface area contributed by atoms with Gasteiger partial charge >= 0.3 is 5.97 Å². The van der Waals surface area contributed by atoms with Gasteiger partial charge in [0.2, 0.25) is 0 Å². The molecular formula is C20H20N4O3. The second-order valence-corrected chi connectivity index (χ2v) is 6.62. The van der Waals surface area contributed by atoms with Gasteiger partial charge in [-0.1, -0.05) is 0 Å². The molecule has 0 aliphatic carbocycles. The van der Waals surface area contributed by atoms with E-state index in [0.29, 0.717) is 16.8 Å². The third-order valence-electron chi connectivity index (χ3n) is 4.37. The Morgan fingerprint density at radius 3 is 2.78 bits per heavy atom. The summed E-state index contributed by atoms with van der Waals surface area (Å²) in [4.78, 5) is 24.7. The number of methoxy groups -OCH3 is 1. The topological polar surface area (TPSA) is 82.0 Å². The smallest absolute Gasteiger partial charge is 0.338 e. The molecule has 0 aliphatic rings. The van der Waals surface area contributed by atoms with Gasteiger partial charge in [0.25, 0.3) is 0 Å². The number of aromatic nitrogens is 4. The Bertz CT molecular complexity index is 1120. The fourth-order valence-corrected chi connectivity index (χ4v) is 3.19. The standard InChI is InChI=1S/C20H20N4O3/c1-11(2)27-20(25)13-9-14-17(16(10-13)26-4)24(3)19(23-14)15-8-12-6-5-7-21-18(12)22-15/h5-11H,1-4H3,(H,21,22). The number of rotatable bonds is 4. The van der Waals surface area contributed by atoms with Crippen LogP contribution in [0.2, 0.25) is 0 Å². The molecule has 27 heavy (non-hydrogen) atoms. The minimum absolute atomic E-state index is 0.197. The predicted octanol–water partition coefficient (Wildman–Crippen LogP) is 3.69. The number of aryl methyl sites for hydroxylation is 1. The van der Waals surface area contributed by atoms with Crippen molar-refractivity contribution >= 4 is 28.0 Å². The first-order chi connectivity index (χ1) is 13.0. The highest BCUT2D eigenvalue weighted by molar-refractivity contribution is 5.97. The average molecular weight is 364 g/mol. The minimum atomic E-state index is -0.396. The number of H-pyrrole nitrogens is 1. The Kier molecular flexibility index (Phi) is 4.07. The Morgan fingerprint density at radius 1 is 1.26 bits per heavy atom. The number of carbonyl (C=O) groups is 1. The third kappa shape index (κ3) is 2.91. The second kappa shape index (κ2) is 6.42. The second-order valence-electron chi connectivity index (χ2n) is 6.62. The number of nitrogens with zero attached hydrogens (tertiary/aromatic N) is 3. The summed E-state index contributed by atoms with van der Waals surface area (Å²) in [7, 11) is 3.49. The molecule has 0 radical (unpaired) electrons. The van der Waals surface area contributed by atoms with Crippen LogP contribution in [-0.4, -0.2) is 38.7 Å². The SMILES string of the molecule is COc1cc(C(=O)OC(C)C)cc2nc(-c3cc4cccnc4[nH]3)n(C)c12. The van der Waals surface area contributed by atoms with E-state index in [9.17, 15) is 4.79 Å². The number of nitrogens with one attached hydrogen (secondary N) is 1. The highest BCUT2D eigenvalue weighted by Crippen LogP contribution is 2.32. The monoisotopic (exact) mass is 364 g/mol. The number of imidazole rings is 1. The molecule has 1 aromatic carbocycles. The lowest BCUT2D eigenvalue weighted by Gasteiger charge is -2.10. The Labute approximate surface area is 155 Å². The molecule has 0 amide bonds. The minimum Gasteiger partial charge on any atom is -0.494 e. The molecule has 7 heteroatoms. The highest BCUT2D eigenvalue weighted by Gasteiger charge is 2.20. The average Bonchev–Trinajstić information content (AvgIpc) is 3.21. The van der Waals surface area contributed by atoms with Gasteiger partial charge in [-0.05, 0) is 44.2 Å². The van der Waals surface area contributed by atoms with Crippen LogP contribution < -0.4 is 4.74 Å². The summed E-state index contributed by atoms with van der Waals surface area (Å²) in [5.74, 6) is 0.904. The van der Waals surface area contributed by atoms with Gasteiger partial charge in [0, 0.05) is 18.6 Å². The van der Waals surface area contributed by atoms with Crippen LogP contribution in [0.1, 0.15) is 24.2 Å². The number of benzene rings is 1. The zero-order valence-electron chi connectivity index (χ0n) is 15.6. The van der Waals surface area contributed by atoms with Crippen molar-refractivity contribution in [2.24, 2.45) is 7.05 Å². The maximum atomic E-state index is 12.3. The number of fused-ring (bicyclic) bond motifs is 2. The molecule has 0 fully saturated rings. The Morgan fingerprint density at radius 2 is 2.07 bits per heavy atom. The van der Waals surface area contributed by atoms with E-state index < -0.39 is 5.97 Å². The zero-order valence-corrected chi connectivity index (χ0v) is 15.6. The first kappa shape index (κ1) is 17.1. The summed E-state index contributed by atoms with van der Waals surface area (Å²) in [6.45, 7) is 3.63. The van der Waals surface area contributed by atoms with Crippen LogP contribution in [0.3, 0.4) is 0 Å². The number of pyridine rings is 1. The summed E-state index contributed by atoms with van der Waals surface area (Å²) in [5.41, 5.74) is 3.52. The van der Waals surface area contributed by atoms with Crippen LogP contribution in [0.15, 0.2) is 36.5 Å². The first-order valence-corrected chi connectivity index (χ1v) is 8.67. The highest BCUT2D eigenvalue weighted by atomic mass is 16.5. The largest absolute Gasteiger partial charge is 0.494 e. The fraction of sp³-hybridized carbons (Fsp3) is 0.250. The molecule has 0 saturated heterocycles. The molecule has 0 bridgehead atoms. The van der Waals surface area contributed by atoms with Crippen LogP contribution in [0.25, 0.3) is 33.6 Å². The molecule has 0 saturated carbocycles. The normalized spacial score (nSPS) is 11.4.